The van der Waals surface area contributed by atoms with Crippen molar-refractivity contribution < 1.29 is 21.7 Å². The third-order valence-corrected chi connectivity index (χ3v) is 6.53. The number of nitrogens with one attached hydrogen (secondary N) is 1. The van der Waals surface area contributed by atoms with Gasteiger partial charge in [-0.1, -0.05) is 18.2 Å². The Morgan fingerprint density at radius 1 is 0.909 bits per heavy atom. The molecule has 8 heteroatoms. The molecule has 0 amide bonds. The Balaban J connectivity index is 1.85. The first-order valence-electron chi connectivity index (χ1n) is 10.8. The average Bonchev–Trinajstić information content (AvgIpc) is 2.82. The lowest BCUT2D eigenvalue weighted by molar-refractivity contribution is 0.414. The number of anilines is 1. The van der Waals surface area contributed by atoms with Crippen molar-refractivity contribution in [2.75, 3.05) is 25.1 Å². The van der Waals surface area contributed by atoms with Crippen molar-refractivity contribution in [1.29, 1.82) is 0 Å². The predicted molar refractivity (Wildman–Crippen MR) is 128 cm³/mol. The van der Waals surface area contributed by atoms with Gasteiger partial charge in [-0.15, -0.1) is 0 Å². The average molecular weight is 473 g/mol. The second-order valence-electron chi connectivity index (χ2n) is 7.41. The minimum atomic E-state index is -4.04. The molecule has 0 saturated carbocycles. The first kappa shape index (κ1) is 24.5. The number of rotatable bonds is 11. The van der Waals surface area contributed by atoms with E-state index >= 15 is 0 Å². The lowest BCUT2D eigenvalue weighted by Crippen LogP contribution is -2.22. The van der Waals surface area contributed by atoms with Gasteiger partial charge in [0.25, 0.3) is 0 Å². The van der Waals surface area contributed by atoms with Crippen LogP contribution >= 0.6 is 0 Å². The molecule has 1 N–H and O–H groups in total. The van der Waals surface area contributed by atoms with Gasteiger partial charge in [-0.05, 0) is 61.9 Å². The van der Waals surface area contributed by atoms with E-state index in [2.05, 4.69) is 10.2 Å². The van der Waals surface area contributed by atoms with E-state index in [0.717, 1.165) is 24.3 Å². The van der Waals surface area contributed by atoms with Gasteiger partial charge in [0.05, 0.1) is 7.11 Å². The van der Waals surface area contributed by atoms with Gasteiger partial charge in [-0.3, -0.25) is 0 Å². The van der Waals surface area contributed by atoms with Crippen molar-refractivity contribution in [2.24, 2.45) is 0 Å². The van der Waals surface area contributed by atoms with Crippen LogP contribution in [0.4, 0.5) is 10.1 Å². The molecule has 33 heavy (non-hydrogen) atoms. The minimum absolute atomic E-state index is 0.0433. The van der Waals surface area contributed by atoms with Gasteiger partial charge in [0.1, 0.15) is 22.2 Å². The smallest absolute Gasteiger partial charge is 0.339 e. The number of methoxy groups -OCH3 is 1. The number of hydrogen-bond donors (Lipinski definition) is 1. The van der Waals surface area contributed by atoms with Crippen LogP contribution in [0.25, 0.3) is 0 Å². The maximum atomic E-state index is 13.1. The van der Waals surface area contributed by atoms with E-state index in [9.17, 15) is 12.8 Å². The first-order chi connectivity index (χ1) is 15.9. The molecule has 0 spiro atoms. The summed E-state index contributed by atoms with van der Waals surface area (Å²) in [6.07, 6.45) is 0. The van der Waals surface area contributed by atoms with Crippen LogP contribution in [-0.4, -0.2) is 28.6 Å². The second-order valence-corrected chi connectivity index (χ2v) is 8.95. The fourth-order valence-corrected chi connectivity index (χ4v) is 4.36. The molecule has 0 aliphatic rings. The lowest BCUT2D eigenvalue weighted by atomic mass is 10.1. The zero-order valence-corrected chi connectivity index (χ0v) is 19.9. The number of benzene rings is 3. The molecule has 3 aromatic rings. The van der Waals surface area contributed by atoms with Crippen molar-refractivity contribution in [3.05, 3.63) is 83.7 Å². The molecule has 3 aromatic carbocycles. The highest BCUT2D eigenvalue weighted by Gasteiger charge is 2.20. The summed E-state index contributed by atoms with van der Waals surface area (Å²) in [4.78, 5) is 2.16. The molecular weight excluding hydrogens is 443 g/mol. The van der Waals surface area contributed by atoms with Crippen LogP contribution in [0.15, 0.2) is 71.6 Å². The summed E-state index contributed by atoms with van der Waals surface area (Å²) < 4.78 is 49.8. The molecule has 176 valence electrons. The van der Waals surface area contributed by atoms with Gasteiger partial charge < -0.3 is 19.1 Å². The van der Waals surface area contributed by atoms with Crippen molar-refractivity contribution in [2.45, 2.75) is 31.8 Å². The van der Waals surface area contributed by atoms with Crippen LogP contribution in [0.5, 0.6) is 11.5 Å². The Morgan fingerprint density at radius 2 is 1.58 bits per heavy atom. The van der Waals surface area contributed by atoms with Gasteiger partial charge in [0.15, 0.2) is 0 Å². The first-order valence-corrected chi connectivity index (χ1v) is 12.2. The molecule has 0 aliphatic carbocycles. The Kier molecular flexibility index (Phi) is 8.30. The van der Waals surface area contributed by atoms with Crippen LogP contribution in [0.2, 0.25) is 0 Å². The fraction of sp³-hybridized carbons (Fsp3) is 0.280. The molecule has 0 atom stereocenters. The van der Waals surface area contributed by atoms with Crippen molar-refractivity contribution in [1.82, 2.24) is 5.32 Å². The largest absolute Gasteiger partial charge is 0.497 e. The molecule has 0 bridgehead atoms. The fourth-order valence-electron chi connectivity index (χ4n) is 3.40. The molecule has 0 fully saturated rings. The van der Waals surface area contributed by atoms with Crippen molar-refractivity contribution in [3.8, 4) is 11.5 Å². The van der Waals surface area contributed by atoms with Gasteiger partial charge in [0, 0.05) is 43.5 Å². The van der Waals surface area contributed by atoms with E-state index in [0.29, 0.717) is 24.4 Å². The SMILES string of the molecule is CCN(CC)c1ccc(CNCc2ccc(F)cc2)c(OS(=O)(=O)c2ccc(OC)cc2)c1. The predicted octanol–water partition coefficient (Wildman–Crippen LogP) is 4.74. The maximum Gasteiger partial charge on any atom is 0.339 e. The molecule has 6 nitrogen and oxygen atoms in total. The molecule has 0 saturated heterocycles. The summed E-state index contributed by atoms with van der Waals surface area (Å²) in [5, 5.41) is 3.27. The normalized spacial score (nSPS) is 11.3. The van der Waals surface area contributed by atoms with Gasteiger partial charge >= 0.3 is 10.1 Å². The number of ether oxygens (including phenoxy) is 1. The van der Waals surface area contributed by atoms with Crippen LogP contribution < -0.4 is 19.1 Å². The third kappa shape index (κ3) is 6.46. The van der Waals surface area contributed by atoms with Gasteiger partial charge in [-0.25, -0.2) is 4.39 Å². The molecular formula is C25H29FN2O4S. The maximum absolute atomic E-state index is 13.1. The van der Waals surface area contributed by atoms with Crippen LogP contribution in [0, 0.1) is 5.82 Å². The number of halogens is 1. The Labute approximate surface area is 195 Å². The molecule has 0 radical (unpaired) electrons. The van der Waals surface area contributed by atoms with Gasteiger partial charge in [0.2, 0.25) is 0 Å². The quantitative estimate of drug-likeness (QED) is 0.407. The molecule has 3 rings (SSSR count). The molecule has 0 heterocycles. The van der Waals surface area contributed by atoms with E-state index in [1.165, 1.54) is 31.4 Å². The van der Waals surface area contributed by atoms with E-state index in [1.807, 2.05) is 26.0 Å². The Hall–Kier alpha value is -3.10. The zero-order chi connectivity index (χ0) is 23.8. The van der Waals surface area contributed by atoms with Crippen LogP contribution in [0.1, 0.15) is 25.0 Å². The summed E-state index contributed by atoms with van der Waals surface area (Å²) in [6, 6.07) is 17.9. The Morgan fingerprint density at radius 3 is 2.18 bits per heavy atom. The summed E-state index contributed by atoms with van der Waals surface area (Å²) in [5.41, 5.74) is 2.50. The summed E-state index contributed by atoms with van der Waals surface area (Å²) >= 11 is 0. The van der Waals surface area contributed by atoms with Crippen LogP contribution in [0.3, 0.4) is 0 Å². The monoisotopic (exact) mass is 472 g/mol. The third-order valence-electron chi connectivity index (χ3n) is 5.28. The standard InChI is InChI=1S/C25H29FN2O4S/c1-4-28(5-2)22-11-8-20(18-27-17-19-6-9-21(26)10-7-19)25(16-22)32-33(29,30)24-14-12-23(31-3)13-15-24/h6-16,27H,4-5,17-18H2,1-3H3. The zero-order valence-electron chi connectivity index (χ0n) is 19.0. The molecule has 0 unspecified atom stereocenters. The molecule has 0 aliphatic heterocycles. The number of nitrogens with zero attached hydrogens (tertiary/aromatic N) is 1. The topological polar surface area (TPSA) is 67.9 Å². The summed E-state index contributed by atoms with van der Waals surface area (Å²) in [6.45, 7) is 6.52. The van der Waals surface area contributed by atoms with E-state index in [4.69, 9.17) is 8.92 Å². The lowest BCUT2D eigenvalue weighted by Gasteiger charge is -2.23. The van der Waals surface area contributed by atoms with E-state index in [-0.39, 0.29) is 16.5 Å². The highest BCUT2D eigenvalue weighted by Crippen LogP contribution is 2.29. The van der Waals surface area contributed by atoms with Gasteiger partial charge in [-0.2, -0.15) is 8.42 Å². The highest BCUT2D eigenvalue weighted by atomic mass is 32.2. The summed E-state index contributed by atoms with van der Waals surface area (Å²) in [5.74, 6) is 0.537. The second kappa shape index (κ2) is 11.2. The van der Waals surface area contributed by atoms with E-state index < -0.39 is 10.1 Å². The van der Waals surface area contributed by atoms with Crippen molar-refractivity contribution in [3.63, 3.8) is 0 Å². The Bertz CT molecular complexity index is 1150. The minimum Gasteiger partial charge on any atom is -0.497 e. The van der Waals surface area contributed by atoms with Crippen LogP contribution in [-0.2, 0) is 23.2 Å². The number of hydrogen-bond acceptors (Lipinski definition) is 6. The molecule has 0 aromatic heterocycles. The van der Waals surface area contributed by atoms with E-state index in [1.54, 1.807) is 30.3 Å². The van der Waals surface area contributed by atoms with Crippen molar-refractivity contribution >= 4 is 15.8 Å². The summed E-state index contributed by atoms with van der Waals surface area (Å²) in [7, 11) is -2.52. The highest BCUT2D eigenvalue weighted by molar-refractivity contribution is 7.87.